The van der Waals surface area contributed by atoms with Crippen molar-refractivity contribution >= 4 is 29.6 Å². The molecule has 3 aromatic rings. The second-order valence-corrected chi connectivity index (χ2v) is 14.6. The quantitative estimate of drug-likeness (QED) is 0.304. The Hall–Kier alpha value is -4.55. The van der Waals surface area contributed by atoms with Gasteiger partial charge in [-0.05, 0) is 89.5 Å². The summed E-state index contributed by atoms with van der Waals surface area (Å²) in [4.78, 5) is 68.4. The van der Waals surface area contributed by atoms with Crippen molar-refractivity contribution in [2.45, 2.75) is 103 Å². The maximum atomic E-state index is 14.5. The van der Waals surface area contributed by atoms with E-state index in [1.165, 1.54) is 24.1 Å². The van der Waals surface area contributed by atoms with Crippen LogP contribution in [0, 0.1) is 11.7 Å². The zero-order chi connectivity index (χ0) is 36.0. The summed E-state index contributed by atoms with van der Waals surface area (Å²) in [6.07, 6.45) is 11.0. The van der Waals surface area contributed by atoms with Crippen LogP contribution >= 0.6 is 0 Å². The van der Waals surface area contributed by atoms with Gasteiger partial charge in [0.25, 0.3) is 5.91 Å². The molecule has 1 aliphatic carbocycles. The van der Waals surface area contributed by atoms with Crippen LogP contribution in [0.2, 0.25) is 0 Å². The van der Waals surface area contributed by atoms with Gasteiger partial charge in [0, 0.05) is 51.3 Å². The van der Waals surface area contributed by atoms with Crippen LogP contribution in [0.25, 0.3) is 5.78 Å². The summed E-state index contributed by atoms with van der Waals surface area (Å²) in [5.41, 5.74) is 0.406. The number of rotatable bonds is 11. The highest BCUT2D eigenvalue weighted by Gasteiger charge is 2.40. The SMILES string of the molecule is C[C@@H](C(=O)N[C@H](C(=O)N1CCC[C@H]1CN(CCc1ccc(F)cc1)C(=O)c1cn2cccnc2n1)C1CCCCC1)N(C)C(=O)OC(C)(C)C. The summed E-state index contributed by atoms with van der Waals surface area (Å²) in [6.45, 7) is 8.03. The normalized spacial score (nSPS) is 18.0. The summed E-state index contributed by atoms with van der Waals surface area (Å²) >= 11 is 0. The number of hydrogen-bond donors (Lipinski definition) is 1. The summed E-state index contributed by atoms with van der Waals surface area (Å²) in [5, 5.41) is 3.04. The number of ether oxygens (including phenoxy) is 1. The zero-order valence-corrected chi connectivity index (χ0v) is 29.8. The number of carbonyl (C=O) groups excluding carboxylic acids is 4. The van der Waals surface area contributed by atoms with Gasteiger partial charge in [-0.1, -0.05) is 31.4 Å². The van der Waals surface area contributed by atoms with Crippen LogP contribution in [0.15, 0.2) is 48.9 Å². The van der Waals surface area contributed by atoms with E-state index >= 15 is 0 Å². The number of fused-ring (bicyclic) bond motifs is 1. The zero-order valence-electron chi connectivity index (χ0n) is 29.8. The molecule has 2 fully saturated rings. The molecule has 1 aliphatic heterocycles. The first-order chi connectivity index (χ1) is 23.8. The van der Waals surface area contributed by atoms with Crippen molar-refractivity contribution in [1.82, 2.24) is 34.4 Å². The molecule has 3 atom stereocenters. The van der Waals surface area contributed by atoms with E-state index in [1.54, 1.807) is 73.8 Å². The molecule has 0 bridgehead atoms. The lowest BCUT2D eigenvalue weighted by atomic mass is 9.83. The van der Waals surface area contributed by atoms with Gasteiger partial charge in [-0.3, -0.25) is 23.7 Å². The molecule has 270 valence electrons. The molecule has 1 N–H and O–H groups in total. The molecular formula is C37H50FN7O5. The van der Waals surface area contributed by atoms with Crippen molar-refractivity contribution in [2.75, 3.05) is 26.7 Å². The van der Waals surface area contributed by atoms with E-state index in [4.69, 9.17) is 4.74 Å². The number of nitrogens with one attached hydrogen (secondary N) is 1. The topological polar surface area (TPSA) is 129 Å². The van der Waals surface area contributed by atoms with Gasteiger partial charge in [0.15, 0.2) is 0 Å². The van der Waals surface area contributed by atoms with E-state index in [0.29, 0.717) is 31.7 Å². The first-order valence-electron chi connectivity index (χ1n) is 17.7. The number of likely N-dealkylation sites (N-methyl/N-ethyl adjacent to an activating group) is 1. The van der Waals surface area contributed by atoms with Crippen LogP contribution in [0.3, 0.4) is 0 Å². The molecule has 50 heavy (non-hydrogen) atoms. The molecule has 12 nitrogen and oxygen atoms in total. The van der Waals surface area contributed by atoms with Crippen molar-refractivity contribution in [3.63, 3.8) is 0 Å². The highest BCUT2D eigenvalue weighted by Crippen LogP contribution is 2.30. The molecule has 2 aliphatic rings. The monoisotopic (exact) mass is 691 g/mol. The van der Waals surface area contributed by atoms with Crippen LogP contribution in [0.5, 0.6) is 0 Å². The predicted octanol–water partition coefficient (Wildman–Crippen LogP) is 4.86. The highest BCUT2D eigenvalue weighted by molar-refractivity contribution is 5.93. The van der Waals surface area contributed by atoms with Crippen LogP contribution in [-0.2, 0) is 20.7 Å². The van der Waals surface area contributed by atoms with Crippen molar-refractivity contribution in [2.24, 2.45) is 5.92 Å². The van der Waals surface area contributed by atoms with Gasteiger partial charge in [-0.2, -0.15) is 0 Å². The second-order valence-electron chi connectivity index (χ2n) is 14.6. The van der Waals surface area contributed by atoms with Gasteiger partial charge >= 0.3 is 6.09 Å². The number of halogens is 1. The molecule has 13 heteroatoms. The molecule has 4 amide bonds. The second kappa shape index (κ2) is 16.0. The number of carbonyl (C=O) groups is 4. The van der Waals surface area contributed by atoms with E-state index < -0.39 is 29.7 Å². The maximum Gasteiger partial charge on any atom is 0.410 e. The smallest absolute Gasteiger partial charge is 0.410 e. The largest absolute Gasteiger partial charge is 0.444 e. The molecule has 0 spiro atoms. The van der Waals surface area contributed by atoms with Gasteiger partial charge < -0.3 is 19.9 Å². The maximum absolute atomic E-state index is 14.5. The highest BCUT2D eigenvalue weighted by atomic mass is 19.1. The third-order valence-electron chi connectivity index (χ3n) is 9.74. The number of hydrogen-bond acceptors (Lipinski definition) is 7. The third kappa shape index (κ3) is 9.16. The fraction of sp³-hybridized carbons (Fsp3) is 0.568. The summed E-state index contributed by atoms with van der Waals surface area (Å²) < 4.78 is 20.8. The Labute approximate surface area is 293 Å². The Morgan fingerprint density at radius 3 is 2.46 bits per heavy atom. The standard InChI is InChI=1S/C37H50FN7O5/c1-25(42(5)36(49)50-37(2,3)4)32(46)41-31(27-11-7-6-8-12-27)34(48)45-21-9-13-29(45)23-43(22-18-26-14-16-28(38)17-15-26)33(47)30-24-44-20-10-19-39-35(44)40-30/h10,14-17,19-20,24-25,27,29,31H,6-9,11-13,18,21-23H2,1-5H3,(H,41,46)/t25-,29-,31-/m0/s1. The number of aromatic nitrogens is 3. The fourth-order valence-electron chi connectivity index (χ4n) is 6.83. The van der Waals surface area contributed by atoms with Crippen molar-refractivity contribution in [3.8, 4) is 0 Å². The van der Waals surface area contributed by atoms with E-state index in [-0.39, 0.29) is 41.8 Å². The minimum atomic E-state index is -0.863. The van der Waals surface area contributed by atoms with Gasteiger partial charge in [0.1, 0.15) is 29.2 Å². The number of imidazole rings is 1. The Bertz CT molecular complexity index is 1620. The van der Waals surface area contributed by atoms with Gasteiger partial charge in [-0.25, -0.2) is 19.2 Å². The van der Waals surface area contributed by atoms with E-state index in [9.17, 15) is 23.6 Å². The first-order valence-corrected chi connectivity index (χ1v) is 17.7. The lowest BCUT2D eigenvalue weighted by molar-refractivity contribution is -0.140. The van der Waals surface area contributed by atoms with Gasteiger partial charge in [0.05, 0.1) is 0 Å². The molecule has 0 radical (unpaired) electrons. The lowest BCUT2D eigenvalue weighted by Crippen LogP contribution is -2.58. The summed E-state index contributed by atoms with van der Waals surface area (Å²) in [7, 11) is 1.52. The number of likely N-dealkylation sites (tertiary alicyclic amines) is 1. The molecule has 1 saturated carbocycles. The number of amides is 4. The fourth-order valence-corrected chi connectivity index (χ4v) is 6.83. The van der Waals surface area contributed by atoms with Crippen molar-refractivity contribution < 1.29 is 28.3 Å². The summed E-state index contributed by atoms with van der Waals surface area (Å²) in [5.74, 6) is -0.832. The Morgan fingerprint density at radius 2 is 1.78 bits per heavy atom. The van der Waals surface area contributed by atoms with Crippen molar-refractivity contribution in [1.29, 1.82) is 0 Å². The molecular weight excluding hydrogens is 641 g/mol. The average Bonchev–Trinajstić information content (AvgIpc) is 3.75. The van der Waals surface area contributed by atoms with Crippen molar-refractivity contribution in [3.05, 3.63) is 66.0 Å². The minimum Gasteiger partial charge on any atom is -0.444 e. The molecule has 0 unspecified atom stereocenters. The van der Waals surface area contributed by atoms with E-state index in [0.717, 1.165) is 44.1 Å². The van der Waals surface area contributed by atoms with E-state index in [1.807, 2.05) is 4.90 Å². The summed E-state index contributed by atoms with van der Waals surface area (Å²) in [6, 6.07) is 6.07. The van der Waals surface area contributed by atoms with Crippen LogP contribution in [-0.4, -0.2) is 103 Å². The first kappa shape index (κ1) is 36.7. The van der Waals surface area contributed by atoms with Crippen LogP contribution in [0.1, 0.15) is 88.7 Å². The van der Waals surface area contributed by atoms with Gasteiger partial charge in [0.2, 0.25) is 17.6 Å². The van der Waals surface area contributed by atoms with Crippen LogP contribution in [0.4, 0.5) is 9.18 Å². The minimum absolute atomic E-state index is 0.0397. The lowest BCUT2D eigenvalue weighted by Gasteiger charge is -2.37. The predicted molar refractivity (Wildman–Crippen MR) is 186 cm³/mol. The molecule has 1 saturated heterocycles. The molecule has 3 heterocycles. The Morgan fingerprint density at radius 1 is 1.06 bits per heavy atom. The van der Waals surface area contributed by atoms with Crippen LogP contribution < -0.4 is 5.32 Å². The third-order valence-corrected chi connectivity index (χ3v) is 9.74. The van der Waals surface area contributed by atoms with E-state index in [2.05, 4.69) is 15.3 Å². The molecule has 5 rings (SSSR count). The Kier molecular flexibility index (Phi) is 11.7. The molecule has 1 aromatic carbocycles. The molecule has 2 aromatic heterocycles. The Balaban J connectivity index is 1.35. The van der Waals surface area contributed by atoms with Gasteiger partial charge in [-0.15, -0.1) is 0 Å². The average molecular weight is 692 g/mol. The number of benzene rings is 1. The number of nitrogens with zero attached hydrogens (tertiary/aromatic N) is 6.